The first-order chi connectivity index (χ1) is 6.36. The Morgan fingerprint density at radius 1 is 1.43 bits per heavy atom. The van der Waals surface area contributed by atoms with E-state index >= 15 is 0 Å². The molecule has 1 amide bonds. The first-order valence-corrected chi connectivity index (χ1v) is 4.43. The molecule has 1 fully saturated rings. The minimum absolute atomic E-state index is 0. The second kappa shape index (κ2) is 4.91. The van der Waals surface area contributed by atoms with Gasteiger partial charge < -0.3 is 12.4 Å². The maximum absolute atomic E-state index is 11.3. The Morgan fingerprint density at radius 3 is 2.71 bits per heavy atom. The topological polar surface area (TPSA) is 37.1 Å². The number of rotatable bonds is 2. The Hall–Kier alpha value is -1.16. The first kappa shape index (κ1) is 10.9. The van der Waals surface area contributed by atoms with Crippen LogP contribution in [0, 0.1) is 0 Å². The van der Waals surface area contributed by atoms with Crippen LogP contribution in [0.25, 0.3) is 0 Å². The van der Waals surface area contributed by atoms with Crippen molar-refractivity contribution in [3.63, 3.8) is 0 Å². The fraction of sp³-hybridized carbons (Fsp3) is 0.444. The van der Waals surface area contributed by atoms with Gasteiger partial charge in [-0.3, -0.25) is 14.7 Å². The lowest BCUT2D eigenvalue weighted by Crippen LogP contribution is -3.00. The van der Waals surface area contributed by atoms with E-state index in [0.717, 1.165) is 13.0 Å². The minimum Gasteiger partial charge on any atom is -1.00 e. The summed E-state index contributed by atoms with van der Waals surface area (Å²) in [6.07, 6.45) is 8.87. The third kappa shape index (κ3) is 2.42. The molecular weight excluding hydrogens is 202 g/mol. The van der Waals surface area contributed by atoms with Crippen molar-refractivity contribution in [3.05, 3.63) is 24.8 Å². The quantitative estimate of drug-likeness (QED) is 0.490. The van der Waals surface area contributed by atoms with Crippen LogP contribution in [0.4, 0.5) is 0 Å². The zero-order valence-corrected chi connectivity index (χ0v) is 8.52. The molecular formula is C9H12ClN3O. The average molecular weight is 214 g/mol. The van der Waals surface area contributed by atoms with Gasteiger partial charge in [0.15, 0.2) is 12.4 Å². The summed E-state index contributed by atoms with van der Waals surface area (Å²) < 4.78 is 1.95. The number of hydrogen-bond acceptors (Lipinski definition) is 2. The summed E-state index contributed by atoms with van der Waals surface area (Å²) in [5.41, 5.74) is 0. The highest BCUT2D eigenvalue weighted by atomic mass is 35.5. The molecule has 1 saturated heterocycles. The maximum atomic E-state index is 11.3. The number of halogens is 1. The molecule has 5 heteroatoms. The van der Waals surface area contributed by atoms with E-state index in [1.807, 2.05) is 21.9 Å². The van der Waals surface area contributed by atoms with Crippen LogP contribution >= 0.6 is 0 Å². The SMILES string of the molecule is O=C1CCCN1C[n+]1ccncc1.[Cl-]. The van der Waals surface area contributed by atoms with E-state index in [1.165, 1.54) is 0 Å². The summed E-state index contributed by atoms with van der Waals surface area (Å²) in [6, 6.07) is 0. The smallest absolute Gasteiger partial charge is 0.227 e. The van der Waals surface area contributed by atoms with Crippen LogP contribution in [-0.4, -0.2) is 22.3 Å². The fourth-order valence-corrected chi connectivity index (χ4v) is 1.49. The maximum Gasteiger partial charge on any atom is 0.227 e. The molecule has 0 spiro atoms. The molecule has 1 aliphatic rings. The lowest BCUT2D eigenvalue weighted by molar-refractivity contribution is -0.712. The molecule has 0 aromatic carbocycles. The van der Waals surface area contributed by atoms with E-state index in [1.54, 1.807) is 12.4 Å². The summed E-state index contributed by atoms with van der Waals surface area (Å²) in [7, 11) is 0. The molecule has 0 saturated carbocycles. The van der Waals surface area contributed by atoms with Crippen LogP contribution in [0.5, 0.6) is 0 Å². The number of carbonyl (C=O) groups excluding carboxylic acids is 1. The van der Waals surface area contributed by atoms with E-state index in [4.69, 9.17) is 0 Å². The molecule has 0 aliphatic carbocycles. The van der Waals surface area contributed by atoms with Gasteiger partial charge in [0.2, 0.25) is 12.6 Å². The van der Waals surface area contributed by atoms with Crippen molar-refractivity contribution in [1.29, 1.82) is 0 Å². The molecule has 0 atom stereocenters. The van der Waals surface area contributed by atoms with Crippen molar-refractivity contribution in [3.8, 4) is 0 Å². The van der Waals surface area contributed by atoms with Crippen LogP contribution < -0.4 is 17.0 Å². The summed E-state index contributed by atoms with van der Waals surface area (Å²) >= 11 is 0. The van der Waals surface area contributed by atoms with Gasteiger partial charge in [-0.25, -0.2) is 0 Å². The molecule has 1 aliphatic heterocycles. The average Bonchev–Trinajstić information content (AvgIpc) is 2.54. The van der Waals surface area contributed by atoms with Crippen molar-refractivity contribution >= 4 is 5.91 Å². The summed E-state index contributed by atoms with van der Waals surface area (Å²) in [4.78, 5) is 17.1. The van der Waals surface area contributed by atoms with Crippen LogP contribution in [0.2, 0.25) is 0 Å². The number of likely N-dealkylation sites (tertiary alicyclic amines) is 1. The lowest BCUT2D eigenvalue weighted by atomic mass is 10.4. The molecule has 0 radical (unpaired) electrons. The van der Waals surface area contributed by atoms with Crippen molar-refractivity contribution in [1.82, 2.24) is 9.88 Å². The minimum atomic E-state index is 0. The van der Waals surface area contributed by atoms with Gasteiger partial charge in [-0.2, -0.15) is 4.57 Å². The van der Waals surface area contributed by atoms with Crippen LogP contribution in [0.1, 0.15) is 12.8 Å². The summed E-state index contributed by atoms with van der Waals surface area (Å²) in [6.45, 7) is 1.54. The van der Waals surface area contributed by atoms with Crippen molar-refractivity contribution in [2.24, 2.45) is 0 Å². The van der Waals surface area contributed by atoms with Gasteiger partial charge in [0.05, 0.1) is 12.4 Å². The van der Waals surface area contributed by atoms with Crippen molar-refractivity contribution in [2.75, 3.05) is 6.54 Å². The zero-order valence-electron chi connectivity index (χ0n) is 7.77. The van der Waals surface area contributed by atoms with Crippen LogP contribution in [0.3, 0.4) is 0 Å². The van der Waals surface area contributed by atoms with Gasteiger partial charge in [-0.1, -0.05) is 0 Å². The molecule has 0 unspecified atom stereocenters. The third-order valence-electron chi connectivity index (χ3n) is 2.19. The van der Waals surface area contributed by atoms with Crippen molar-refractivity contribution < 1.29 is 21.8 Å². The molecule has 2 rings (SSSR count). The third-order valence-corrected chi connectivity index (χ3v) is 2.19. The molecule has 4 nitrogen and oxygen atoms in total. The number of aromatic nitrogens is 2. The molecule has 0 bridgehead atoms. The molecule has 14 heavy (non-hydrogen) atoms. The van der Waals surface area contributed by atoms with Crippen molar-refractivity contribution in [2.45, 2.75) is 19.5 Å². The Labute approximate surface area is 89.0 Å². The standard InChI is InChI=1S/C9H12N3O.ClH/c13-9-2-1-5-12(9)8-11-6-3-10-4-7-11;/h3-4,6-7H,1-2,5,8H2;1H/q+1;/p-1. The summed E-state index contributed by atoms with van der Waals surface area (Å²) in [5.74, 6) is 0.254. The Kier molecular flexibility index (Phi) is 3.83. The molecule has 1 aromatic rings. The van der Waals surface area contributed by atoms with Gasteiger partial charge in [0.1, 0.15) is 0 Å². The predicted molar refractivity (Wildman–Crippen MR) is 45.4 cm³/mol. The van der Waals surface area contributed by atoms with Gasteiger partial charge in [0, 0.05) is 13.0 Å². The Morgan fingerprint density at radius 2 is 2.14 bits per heavy atom. The fourth-order valence-electron chi connectivity index (χ4n) is 1.49. The Balaban J connectivity index is 0.000000980. The highest BCUT2D eigenvalue weighted by Crippen LogP contribution is 2.08. The molecule has 76 valence electrons. The van der Waals surface area contributed by atoms with E-state index < -0.39 is 0 Å². The van der Waals surface area contributed by atoms with Gasteiger partial charge in [-0.05, 0) is 6.42 Å². The number of amides is 1. The lowest BCUT2D eigenvalue weighted by Gasteiger charge is -2.10. The zero-order chi connectivity index (χ0) is 9.10. The van der Waals surface area contributed by atoms with E-state index in [2.05, 4.69) is 4.98 Å². The highest BCUT2D eigenvalue weighted by Gasteiger charge is 2.22. The predicted octanol–water partition coefficient (Wildman–Crippen LogP) is -3.05. The molecule has 2 heterocycles. The number of nitrogens with zero attached hydrogens (tertiary/aromatic N) is 3. The normalized spacial score (nSPS) is 15.4. The largest absolute Gasteiger partial charge is 1.00 e. The van der Waals surface area contributed by atoms with Gasteiger partial charge >= 0.3 is 0 Å². The van der Waals surface area contributed by atoms with Gasteiger partial charge in [-0.15, -0.1) is 0 Å². The monoisotopic (exact) mass is 213 g/mol. The Bertz CT molecular complexity index is 304. The molecule has 0 N–H and O–H groups in total. The van der Waals surface area contributed by atoms with Crippen LogP contribution in [0.15, 0.2) is 24.8 Å². The van der Waals surface area contributed by atoms with E-state index in [-0.39, 0.29) is 18.3 Å². The second-order valence-corrected chi connectivity index (χ2v) is 3.16. The molecule has 1 aromatic heterocycles. The van der Waals surface area contributed by atoms with E-state index in [0.29, 0.717) is 13.1 Å². The summed E-state index contributed by atoms with van der Waals surface area (Å²) in [5, 5.41) is 0. The first-order valence-electron chi connectivity index (χ1n) is 4.43. The van der Waals surface area contributed by atoms with Crippen LogP contribution in [-0.2, 0) is 11.5 Å². The van der Waals surface area contributed by atoms with Gasteiger partial charge in [0.25, 0.3) is 0 Å². The second-order valence-electron chi connectivity index (χ2n) is 3.16. The highest BCUT2D eigenvalue weighted by molar-refractivity contribution is 5.77. The number of hydrogen-bond donors (Lipinski definition) is 0. The van der Waals surface area contributed by atoms with E-state index in [9.17, 15) is 4.79 Å². The number of carbonyl (C=O) groups is 1.